The molecule has 0 unspecified atom stereocenters. The van der Waals surface area contributed by atoms with Crippen LogP contribution in [-0.4, -0.2) is 35.0 Å². The Kier molecular flexibility index (Phi) is 19.9. The molecule has 0 aliphatic heterocycles. The first-order valence-electron chi connectivity index (χ1n) is 30.2. The van der Waals surface area contributed by atoms with E-state index in [-0.39, 0.29) is 11.3 Å². The topological polar surface area (TPSA) is 120 Å². The lowest BCUT2D eigenvalue weighted by Crippen LogP contribution is -2.19. The van der Waals surface area contributed by atoms with E-state index in [0.29, 0.717) is 35.3 Å². The van der Waals surface area contributed by atoms with Crippen molar-refractivity contribution in [3.05, 3.63) is 303 Å². The predicted octanol–water partition coefficient (Wildman–Crippen LogP) is 21.2. The molecular weight excluding hydrogens is 1140 g/mol. The quantitative estimate of drug-likeness (QED) is 0.112. The molecular formula is C78H75ClN10O2. The van der Waals surface area contributed by atoms with Gasteiger partial charge in [-0.05, 0) is 255 Å². The van der Waals surface area contributed by atoms with E-state index < -0.39 is 0 Å². The van der Waals surface area contributed by atoms with Gasteiger partial charge in [0, 0.05) is 45.5 Å². The number of para-hydroxylation sites is 1. The molecule has 0 radical (unpaired) electrons. The molecule has 0 spiro atoms. The largest absolute Gasteiger partial charge is 0.508 e. The van der Waals surface area contributed by atoms with Crippen molar-refractivity contribution in [2.45, 2.75) is 83.1 Å². The van der Waals surface area contributed by atoms with Gasteiger partial charge in [-0.25, -0.2) is 0 Å². The molecule has 0 bridgehead atoms. The highest BCUT2D eigenvalue weighted by Gasteiger charge is 2.26. The maximum atomic E-state index is 8.99. The molecule has 1 N–H and O–H groups in total. The lowest BCUT2D eigenvalue weighted by atomic mass is 10.1. The van der Waals surface area contributed by atoms with E-state index in [1.54, 1.807) is 12.1 Å². The average molecular weight is 1220 g/mol. The maximum absolute atomic E-state index is 8.99. The highest BCUT2D eigenvalue weighted by Crippen LogP contribution is 2.41. The van der Waals surface area contributed by atoms with E-state index in [1.807, 2.05) is 94.1 Å². The number of aromatic hydroxyl groups is 1. The van der Waals surface area contributed by atoms with Gasteiger partial charge in [-0.15, -0.1) is 0 Å². The Labute approximate surface area is 540 Å². The molecule has 2 heterocycles. The number of hydrogen-bond acceptors (Lipinski definition) is 12. The SMILES string of the molecule is Cc1cc(C)cc(O)c1.Cc1ccc(N(c2ccc(C)cc2)c2nc(Oc3cc(C)cc(C)c3)nc(N(c3ccc(C)cc3)c3ccc(C)cc3)n2)cc1.Cc1ccc(N(c2cccc(C)c2)c2nc(Cl)nc(N(c3ccccc3)c3ccc(C)c(C)c3)n2)cc1. The van der Waals surface area contributed by atoms with Crippen molar-refractivity contribution in [3.8, 4) is 17.5 Å². The van der Waals surface area contributed by atoms with E-state index in [9.17, 15) is 0 Å². The van der Waals surface area contributed by atoms with Gasteiger partial charge in [0.15, 0.2) is 0 Å². The lowest BCUT2D eigenvalue weighted by Gasteiger charge is -2.27. The van der Waals surface area contributed by atoms with Gasteiger partial charge < -0.3 is 9.84 Å². The third-order valence-corrected chi connectivity index (χ3v) is 15.2. The molecule has 456 valence electrons. The Morgan fingerprint density at radius 1 is 0.275 bits per heavy atom. The van der Waals surface area contributed by atoms with Crippen molar-refractivity contribution in [1.82, 2.24) is 29.9 Å². The van der Waals surface area contributed by atoms with Crippen LogP contribution in [0.5, 0.6) is 17.5 Å². The summed E-state index contributed by atoms with van der Waals surface area (Å²) in [5.74, 6) is 2.79. The number of aromatic nitrogens is 6. The van der Waals surface area contributed by atoms with E-state index in [0.717, 1.165) is 73.3 Å². The van der Waals surface area contributed by atoms with Crippen molar-refractivity contribution in [1.29, 1.82) is 0 Å². The van der Waals surface area contributed by atoms with Crippen molar-refractivity contribution < 1.29 is 9.84 Å². The summed E-state index contributed by atoms with van der Waals surface area (Å²) >= 11 is 6.59. The number of hydrogen-bond donors (Lipinski definition) is 1. The summed E-state index contributed by atoms with van der Waals surface area (Å²) in [4.78, 5) is 37.3. The molecule has 0 fully saturated rings. The number of halogens is 1. The summed E-state index contributed by atoms with van der Waals surface area (Å²) < 4.78 is 6.43. The molecule has 10 aromatic carbocycles. The van der Waals surface area contributed by atoms with Crippen LogP contribution in [0.1, 0.15) is 66.8 Å². The fraction of sp³-hybridized carbons (Fsp3) is 0.154. The summed E-state index contributed by atoms with van der Waals surface area (Å²) in [6.07, 6.45) is 0. The van der Waals surface area contributed by atoms with E-state index in [2.05, 4.69) is 237 Å². The van der Waals surface area contributed by atoms with Crippen molar-refractivity contribution in [2.24, 2.45) is 0 Å². The van der Waals surface area contributed by atoms with Gasteiger partial charge in [0.1, 0.15) is 11.5 Å². The molecule has 0 saturated carbocycles. The van der Waals surface area contributed by atoms with Crippen LogP contribution in [0.4, 0.5) is 69.3 Å². The van der Waals surface area contributed by atoms with Gasteiger partial charge in [0.05, 0.1) is 0 Å². The Morgan fingerprint density at radius 3 is 0.978 bits per heavy atom. The number of phenolic OH excluding ortho intramolecular Hbond substituents is 1. The van der Waals surface area contributed by atoms with E-state index >= 15 is 0 Å². The monoisotopic (exact) mass is 1220 g/mol. The first-order valence-corrected chi connectivity index (χ1v) is 30.6. The molecule has 12 aromatic rings. The normalized spacial score (nSPS) is 10.7. The Bertz CT molecular complexity index is 4140. The zero-order valence-corrected chi connectivity index (χ0v) is 54.4. The standard InChI is InChI=1S/C39H37N5O.C31H28ClN5.C8H10O/c1-26-7-15-32(16-8-26)43(33-17-9-27(2)10-18-33)37-40-38(42-39(41-37)45-36-24-30(5)23-31(6)25-36)44(34-19-11-28(3)12-20-34)35-21-13-29(4)14-22-35;1-21-13-16-26(17-14-21)37(27-12-8-9-22(2)19-27)31-34-29(32)33-30(35-31)36(25-10-6-5-7-11-25)28-18-15-23(3)24(4)20-28;1-6-3-7(2)5-8(9)4-6/h7-25H,1-6H3;5-20H,1-4H3;3-5,9H,1-2H3. The Hall–Kier alpha value is -10.7. The summed E-state index contributed by atoms with van der Waals surface area (Å²) in [5, 5.41) is 9.11. The van der Waals surface area contributed by atoms with Crippen LogP contribution in [-0.2, 0) is 0 Å². The third-order valence-electron chi connectivity index (χ3n) is 15.1. The number of benzene rings is 10. The first-order chi connectivity index (χ1) is 43.8. The summed E-state index contributed by atoms with van der Waals surface area (Å²) in [7, 11) is 0. The van der Waals surface area contributed by atoms with E-state index in [1.165, 1.54) is 38.9 Å². The molecule has 0 aliphatic carbocycles. The van der Waals surface area contributed by atoms with Crippen molar-refractivity contribution in [3.63, 3.8) is 0 Å². The average Bonchev–Trinajstić information content (AvgIpc) is 0.899. The molecule has 13 heteroatoms. The van der Waals surface area contributed by atoms with Crippen molar-refractivity contribution in [2.75, 3.05) is 19.6 Å². The number of aryl methyl sites for hydroxylation is 12. The number of nitrogens with zero attached hydrogens (tertiary/aromatic N) is 10. The number of ether oxygens (including phenoxy) is 1. The molecule has 91 heavy (non-hydrogen) atoms. The summed E-state index contributed by atoms with van der Waals surface area (Å²) in [6.45, 7) is 24.7. The molecule has 2 aromatic heterocycles. The highest BCUT2D eigenvalue weighted by molar-refractivity contribution is 6.28. The first kappa shape index (κ1) is 63.3. The molecule has 0 aliphatic rings. The number of phenols is 1. The second-order valence-corrected chi connectivity index (χ2v) is 23.5. The fourth-order valence-electron chi connectivity index (χ4n) is 10.4. The molecule has 0 amide bonds. The van der Waals surface area contributed by atoms with Gasteiger partial charge in [0.25, 0.3) is 0 Å². The highest BCUT2D eigenvalue weighted by atomic mass is 35.5. The van der Waals surface area contributed by atoms with Crippen LogP contribution < -0.4 is 24.3 Å². The minimum Gasteiger partial charge on any atom is -0.508 e. The number of rotatable bonds is 14. The minimum absolute atomic E-state index is 0.120. The van der Waals surface area contributed by atoms with Gasteiger partial charge in [-0.2, -0.15) is 29.9 Å². The molecule has 0 saturated heterocycles. The van der Waals surface area contributed by atoms with Gasteiger partial charge in [-0.3, -0.25) is 19.6 Å². The Morgan fingerprint density at radius 2 is 0.604 bits per heavy atom. The van der Waals surface area contributed by atoms with Gasteiger partial charge >= 0.3 is 6.01 Å². The van der Waals surface area contributed by atoms with Crippen LogP contribution >= 0.6 is 11.6 Å². The second-order valence-electron chi connectivity index (χ2n) is 23.2. The van der Waals surface area contributed by atoms with Crippen LogP contribution in [0.3, 0.4) is 0 Å². The maximum Gasteiger partial charge on any atom is 0.328 e. The lowest BCUT2D eigenvalue weighted by molar-refractivity contribution is 0.440. The Balaban J connectivity index is 0.000000178. The second kappa shape index (κ2) is 28.6. The van der Waals surface area contributed by atoms with Crippen LogP contribution in [0.2, 0.25) is 5.28 Å². The van der Waals surface area contributed by atoms with Crippen LogP contribution in [0.25, 0.3) is 0 Å². The fourth-order valence-corrected chi connectivity index (χ4v) is 10.5. The smallest absolute Gasteiger partial charge is 0.328 e. The summed E-state index contributed by atoms with van der Waals surface area (Å²) in [5.41, 5.74) is 21.2. The van der Waals surface area contributed by atoms with Gasteiger partial charge in [-0.1, -0.05) is 137 Å². The zero-order chi connectivity index (χ0) is 64.3. The van der Waals surface area contributed by atoms with E-state index in [4.69, 9.17) is 41.4 Å². The molecule has 0 atom stereocenters. The third kappa shape index (κ3) is 16.3. The minimum atomic E-state index is 0.120. The zero-order valence-electron chi connectivity index (χ0n) is 53.6. The van der Waals surface area contributed by atoms with Crippen LogP contribution in [0, 0.1) is 83.1 Å². The molecule has 12 nitrogen and oxygen atoms in total. The predicted molar refractivity (Wildman–Crippen MR) is 375 cm³/mol. The van der Waals surface area contributed by atoms with Crippen molar-refractivity contribution >= 4 is 80.9 Å². The number of anilines is 12. The van der Waals surface area contributed by atoms with Gasteiger partial charge in [0.2, 0.25) is 29.1 Å². The molecule has 12 rings (SSSR count). The van der Waals surface area contributed by atoms with Crippen LogP contribution in [0.15, 0.2) is 231 Å². The summed E-state index contributed by atoms with van der Waals surface area (Å²) in [6, 6.07) is 78.1.